The van der Waals surface area contributed by atoms with Crippen LogP contribution in [-0.2, 0) is 9.53 Å². The van der Waals surface area contributed by atoms with Gasteiger partial charge in [0.25, 0.3) is 5.91 Å². The van der Waals surface area contributed by atoms with E-state index >= 15 is 0 Å². The van der Waals surface area contributed by atoms with E-state index in [4.69, 9.17) is 9.47 Å². The summed E-state index contributed by atoms with van der Waals surface area (Å²) in [6, 6.07) is 7.85. The van der Waals surface area contributed by atoms with Gasteiger partial charge in [-0.05, 0) is 23.6 Å². The van der Waals surface area contributed by atoms with E-state index in [-0.39, 0.29) is 24.9 Å². The Bertz CT molecular complexity index is 428. The zero-order valence-electron chi connectivity index (χ0n) is 13.6. The standard InChI is InChI=1S/C16H26N2O3.ClH/c1-13(2)14-5-4-6-15(11-14)21-12-16(19)18-8-7-17-9-10-20-3;/h4-6,11,13,17H,7-10,12H2,1-3H3,(H,18,19);1H. The van der Waals surface area contributed by atoms with Crippen LogP contribution in [0.3, 0.4) is 0 Å². The Morgan fingerprint density at radius 2 is 2.00 bits per heavy atom. The fourth-order valence-corrected chi connectivity index (χ4v) is 1.75. The number of hydrogen-bond donors (Lipinski definition) is 2. The molecule has 0 saturated heterocycles. The molecule has 5 nitrogen and oxygen atoms in total. The van der Waals surface area contributed by atoms with Crippen molar-refractivity contribution in [3.8, 4) is 5.75 Å². The number of nitrogens with one attached hydrogen (secondary N) is 2. The van der Waals surface area contributed by atoms with Crippen molar-refractivity contribution >= 4 is 18.3 Å². The van der Waals surface area contributed by atoms with Crippen molar-refractivity contribution in [3.05, 3.63) is 29.8 Å². The monoisotopic (exact) mass is 330 g/mol. The molecular formula is C16H27ClN2O3. The van der Waals surface area contributed by atoms with Crippen molar-refractivity contribution in [3.63, 3.8) is 0 Å². The van der Waals surface area contributed by atoms with Gasteiger partial charge in [0.15, 0.2) is 6.61 Å². The largest absolute Gasteiger partial charge is 0.484 e. The Kier molecular flexibility index (Phi) is 11.5. The van der Waals surface area contributed by atoms with Crippen LogP contribution < -0.4 is 15.4 Å². The molecule has 6 heteroatoms. The van der Waals surface area contributed by atoms with E-state index in [0.717, 1.165) is 18.8 Å². The Morgan fingerprint density at radius 3 is 2.68 bits per heavy atom. The van der Waals surface area contributed by atoms with Gasteiger partial charge in [0.05, 0.1) is 6.61 Å². The maximum Gasteiger partial charge on any atom is 0.257 e. The van der Waals surface area contributed by atoms with E-state index in [1.165, 1.54) is 5.56 Å². The second kappa shape index (κ2) is 12.3. The van der Waals surface area contributed by atoms with E-state index in [9.17, 15) is 4.79 Å². The van der Waals surface area contributed by atoms with E-state index in [1.54, 1.807) is 7.11 Å². The fourth-order valence-electron chi connectivity index (χ4n) is 1.75. The Hall–Kier alpha value is -1.30. The third kappa shape index (κ3) is 8.87. The van der Waals surface area contributed by atoms with Gasteiger partial charge in [-0.25, -0.2) is 0 Å². The Labute approximate surface area is 139 Å². The molecule has 0 heterocycles. The Morgan fingerprint density at radius 1 is 1.23 bits per heavy atom. The van der Waals surface area contributed by atoms with E-state index in [2.05, 4.69) is 30.5 Å². The summed E-state index contributed by atoms with van der Waals surface area (Å²) in [6.07, 6.45) is 0. The van der Waals surface area contributed by atoms with Crippen LogP contribution in [0.2, 0.25) is 0 Å². The highest BCUT2D eigenvalue weighted by Gasteiger charge is 2.04. The molecule has 0 atom stereocenters. The van der Waals surface area contributed by atoms with Crippen molar-refractivity contribution in [1.82, 2.24) is 10.6 Å². The zero-order chi connectivity index (χ0) is 15.5. The van der Waals surface area contributed by atoms with Gasteiger partial charge in [-0.2, -0.15) is 0 Å². The first-order valence-electron chi connectivity index (χ1n) is 7.32. The van der Waals surface area contributed by atoms with Crippen LogP contribution in [0.5, 0.6) is 5.75 Å². The van der Waals surface area contributed by atoms with E-state index in [0.29, 0.717) is 19.1 Å². The van der Waals surface area contributed by atoms with Gasteiger partial charge in [0.1, 0.15) is 5.75 Å². The van der Waals surface area contributed by atoms with E-state index in [1.807, 2.05) is 18.2 Å². The van der Waals surface area contributed by atoms with Gasteiger partial charge in [0.2, 0.25) is 0 Å². The first-order valence-corrected chi connectivity index (χ1v) is 7.32. The molecule has 22 heavy (non-hydrogen) atoms. The number of hydrogen-bond acceptors (Lipinski definition) is 4. The molecule has 2 N–H and O–H groups in total. The molecule has 0 aliphatic carbocycles. The molecule has 0 radical (unpaired) electrons. The molecule has 0 fully saturated rings. The quantitative estimate of drug-likeness (QED) is 0.644. The van der Waals surface area contributed by atoms with E-state index < -0.39 is 0 Å². The van der Waals surface area contributed by atoms with Crippen LogP contribution in [0.25, 0.3) is 0 Å². The average molecular weight is 331 g/mol. The third-order valence-corrected chi connectivity index (χ3v) is 3.00. The molecule has 1 aromatic carbocycles. The summed E-state index contributed by atoms with van der Waals surface area (Å²) in [7, 11) is 1.66. The molecule has 0 aliphatic heterocycles. The molecule has 126 valence electrons. The summed E-state index contributed by atoms with van der Waals surface area (Å²) in [6.45, 7) is 7.05. The predicted molar refractivity (Wildman–Crippen MR) is 91.0 cm³/mol. The summed E-state index contributed by atoms with van der Waals surface area (Å²) in [5, 5.41) is 5.95. The molecule has 1 rings (SSSR count). The molecule has 1 amide bonds. The van der Waals surface area contributed by atoms with Gasteiger partial charge in [0, 0.05) is 26.7 Å². The van der Waals surface area contributed by atoms with Crippen molar-refractivity contribution in [2.75, 3.05) is 40.0 Å². The number of methoxy groups -OCH3 is 1. The van der Waals surface area contributed by atoms with Crippen LogP contribution in [0, 0.1) is 0 Å². The van der Waals surface area contributed by atoms with Crippen molar-refractivity contribution in [1.29, 1.82) is 0 Å². The van der Waals surface area contributed by atoms with Crippen LogP contribution in [0.1, 0.15) is 25.3 Å². The highest BCUT2D eigenvalue weighted by Crippen LogP contribution is 2.19. The average Bonchev–Trinajstić information content (AvgIpc) is 2.49. The molecule has 1 aromatic rings. The normalized spacial score (nSPS) is 10.2. The summed E-state index contributed by atoms with van der Waals surface area (Å²) in [5.41, 5.74) is 1.20. The molecule has 0 spiro atoms. The molecule has 0 aliphatic rings. The predicted octanol–water partition coefficient (Wildman–Crippen LogP) is 1.96. The minimum absolute atomic E-state index is 0. The smallest absolute Gasteiger partial charge is 0.257 e. The van der Waals surface area contributed by atoms with Crippen LogP contribution in [-0.4, -0.2) is 45.9 Å². The number of ether oxygens (including phenoxy) is 2. The second-order valence-corrected chi connectivity index (χ2v) is 5.11. The Balaban J connectivity index is 0.00000441. The van der Waals surface area contributed by atoms with Crippen molar-refractivity contribution in [2.24, 2.45) is 0 Å². The summed E-state index contributed by atoms with van der Waals surface area (Å²) < 4.78 is 10.4. The minimum atomic E-state index is -0.113. The fraction of sp³-hybridized carbons (Fsp3) is 0.562. The number of carbonyl (C=O) groups is 1. The van der Waals surface area contributed by atoms with Gasteiger partial charge < -0.3 is 20.1 Å². The summed E-state index contributed by atoms with van der Waals surface area (Å²) in [5.74, 6) is 1.06. The van der Waals surface area contributed by atoms with Gasteiger partial charge in [-0.3, -0.25) is 4.79 Å². The maximum atomic E-state index is 11.6. The lowest BCUT2D eigenvalue weighted by Crippen LogP contribution is -2.35. The zero-order valence-corrected chi connectivity index (χ0v) is 14.4. The molecule has 0 saturated carbocycles. The molecule has 0 unspecified atom stereocenters. The van der Waals surface area contributed by atoms with Gasteiger partial charge in [-0.1, -0.05) is 26.0 Å². The molecule has 0 bridgehead atoms. The highest BCUT2D eigenvalue weighted by atomic mass is 35.5. The van der Waals surface area contributed by atoms with Crippen molar-refractivity contribution in [2.45, 2.75) is 19.8 Å². The topological polar surface area (TPSA) is 59.6 Å². The lowest BCUT2D eigenvalue weighted by atomic mass is 10.0. The molecule has 0 aromatic heterocycles. The van der Waals surface area contributed by atoms with Crippen LogP contribution in [0.15, 0.2) is 24.3 Å². The number of rotatable bonds is 10. The first kappa shape index (κ1) is 20.7. The lowest BCUT2D eigenvalue weighted by molar-refractivity contribution is -0.123. The number of benzene rings is 1. The van der Waals surface area contributed by atoms with Crippen molar-refractivity contribution < 1.29 is 14.3 Å². The van der Waals surface area contributed by atoms with Crippen LogP contribution in [0.4, 0.5) is 0 Å². The highest BCUT2D eigenvalue weighted by molar-refractivity contribution is 5.85. The van der Waals surface area contributed by atoms with Gasteiger partial charge >= 0.3 is 0 Å². The second-order valence-electron chi connectivity index (χ2n) is 5.11. The number of carbonyl (C=O) groups excluding carboxylic acids is 1. The third-order valence-electron chi connectivity index (χ3n) is 3.00. The maximum absolute atomic E-state index is 11.6. The van der Waals surface area contributed by atoms with Crippen LogP contribution >= 0.6 is 12.4 Å². The lowest BCUT2D eigenvalue weighted by Gasteiger charge is -2.10. The minimum Gasteiger partial charge on any atom is -0.484 e. The summed E-state index contributed by atoms with van der Waals surface area (Å²) >= 11 is 0. The summed E-state index contributed by atoms with van der Waals surface area (Å²) in [4.78, 5) is 11.6. The SMILES string of the molecule is COCCNCCNC(=O)COc1cccc(C(C)C)c1.Cl. The molecular weight excluding hydrogens is 304 g/mol. The van der Waals surface area contributed by atoms with Gasteiger partial charge in [-0.15, -0.1) is 12.4 Å². The number of amides is 1. The first-order chi connectivity index (χ1) is 10.1. The number of halogens is 1.